The third-order valence-corrected chi connectivity index (χ3v) is 4.13. The minimum atomic E-state index is 0.0315. The highest BCUT2D eigenvalue weighted by atomic mass is 16.5. The fourth-order valence-corrected chi connectivity index (χ4v) is 2.98. The molecule has 0 amide bonds. The topological polar surface area (TPSA) is 33.0 Å². The van der Waals surface area contributed by atoms with Crippen molar-refractivity contribution in [2.45, 2.75) is 38.2 Å². The van der Waals surface area contributed by atoms with Crippen molar-refractivity contribution in [2.24, 2.45) is 5.92 Å². The molecule has 2 aromatic carbocycles. The second-order valence-corrected chi connectivity index (χ2v) is 5.54. The van der Waals surface area contributed by atoms with E-state index in [2.05, 4.69) is 30.3 Å². The summed E-state index contributed by atoms with van der Waals surface area (Å²) < 4.78 is 6.12. The Labute approximate surface area is 120 Å². The summed E-state index contributed by atoms with van der Waals surface area (Å²) in [7, 11) is 0. The molecule has 2 heteroatoms. The van der Waals surface area contributed by atoms with Gasteiger partial charge in [-0.2, -0.15) is 5.26 Å². The normalized spacial score (nSPS) is 22.9. The summed E-state index contributed by atoms with van der Waals surface area (Å²) in [6.07, 6.45) is 5.53. The van der Waals surface area contributed by atoms with Gasteiger partial charge in [0.25, 0.3) is 0 Å². The molecule has 0 spiro atoms. The monoisotopic (exact) mass is 265 g/mol. The van der Waals surface area contributed by atoms with Gasteiger partial charge in [-0.25, -0.2) is 0 Å². The highest BCUT2D eigenvalue weighted by Crippen LogP contribution is 2.28. The molecular formula is C18H19NO. The van der Waals surface area contributed by atoms with Crippen molar-refractivity contribution in [3.8, 4) is 11.8 Å². The Bertz CT molecular complexity index is 629. The molecule has 1 aliphatic carbocycles. The van der Waals surface area contributed by atoms with Gasteiger partial charge in [0.2, 0.25) is 0 Å². The van der Waals surface area contributed by atoms with E-state index in [1.54, 1.807) is 0 Å². The maximum Gasteiger partial charge on any atom is 0.120 e. The lowest BCUT2D eigenvalue weighted by Gasteiger charge is -2.21. The number of ether oxygens (including phenoxy) is 1. The highest BCUT2D eigenvalue weighted by Gasteiger charge is 2.25. The number of hydrogen-bond donors (Lipinski definition) is 0. The lowest BCUT2D eigenvalue weighted by Crippen LogP contribution is -2.24. The minimum absolute atomic E-state index is 0.0315. The van der Waals surface area contributed by atoms with Gasteiger partial charge < -0.3 is 4.74 Å². The summed E-state index contributed by atoms with van der Waals surface area (Å²) in [5.41, 5.74) is 0. The first-order valence-electron chi connectivity index (χ1n) is 7.42. The third kappa shape index (κ3) is 2.77. The average Bonchev–Trinajstić information content (AvgIpc) is 2.72. The summed E-state index contributed by atoms with van der Waals surface area (Å²) in [5.74, 6) is 0.917. The van der Waals surface area contributed by atoms with E-state index in [9.17, 15) is 5.26 Å². The second kappa shape index (κ2) is 5.96. The SMILES string of the molecule is N#CC1CCCCCC1Oc1ccc2ccccc2c1. The number of fused-ring (bicyclic) bond motifs is 1. The molecule has 0 aliphatic heterocycles. The highest BCUT2D eigenvalue weighted by molar-refractivity contribution is 5.83. The standard InChI is InChI=1S/C18H19NO/c19-13-16-8-2-1-3-9-18(16)20-17-11-10-14-6-4-5-7-15(14)12-17/h4-7,10-12,16,18H,1-3,8-9H2. The van der Waals surface area contributed by atoms with E-state index in [0.717, 1.165) is 31.4 Å². The van der Waals surface area contributed by atoms with E-state index in [4.69, 9.17) is 4.74 Å². The Morgan fingerprint density at radius 1 is 0.950 bits per heavy atom. The predicted molar refractivity (Wildman–Crippen MR) is 80.6 cm³/mol. The van der Waals surface area contributed by atoms with Gasteiger partial charge in [0.05, 0.1) is 12.0 Å². The zero-order valence-electron chi connectivity index (χ0n) is 11.6. The van der Waals surface area contributed by atoms with Crippen molar-refractivity contribution in [2.75, 3.05) is 0 Å². The Morgan fingerprint density at radius 2 is 1.75 bits per heavy atom. The molecule has 1 saturated carbocycles. The van der Waals surface area contributed by atoms with E-state index >= 15 is 0 Å². The van der Waals surface area contributed by atoms with Crippen molar-refractivity contribution in [3.05, 3.63) is 42.5 Å². The lowest BCUT2D eigenvalue weighted by atomic mass is 9.99. The maximum absolute atomic E-state index is 9.31. The van der Waals surface area contributed by atoms with Crippen molar-refractivity contribution in [1.82, 2.24) is 0 Å². The molecule has 2 aromatic rings. The van der Waals surface area contributed by atoms with E-state index in [-0.39, 0.29) is 12.0 Å². The first kappa shape index (κ1) is 13.0. The second-order valence-electron chi connectivity index (χ2n) is 5.54. The van der Waals surface area contributed by atoms with Crippen LogP contribution in [0.3, 0.4) is 0 Å². The molecule has 2 unspecified atom stereocenters. The smallest absolute Gasteiger partial charge is 0.120 e. The number of nitriles is 1. The van der Waals surface area contributed by atoms with Crippen LogP contribution < -0.4 is 4.74 Å². The Morgan fingerprint density at radius 3 is 2.60 bits per heavy atom. The van der Waals surface area contributed by atoms with Crippen LogP contribution in [0, 0.1) is 17.2 Å². The lowest BCUT2D eigenvalue weighted by molar-refractivity contribution is 0.152. The van der Waals surface area contributed by atoms with Gasteiger partial charge in [-0.05, 0) is 42.2 Å². The largest absolute Gasteiger partial charge is 0.489 e. The number of nitrogens with zero attached hydrogens (tertiary/aromatic N) is 1. The first-order chi connectivity index (χ1) is 9.86. The zero-order chi connectivity index (χ0) is 13.8. The number of hydrogen-bond acceptors (Lipinski definition) is 2. The molecular weight excluding hydrogens is 246 g/mol. The molecule has 0 radical (unpaired) electrons. The molecule has 2 nitrogen and oxygen atoms in total. The van der Waals surface area contributed by atoms with Crippen molar-refractivity contribution >= 4 is 10.8 Å². The summed E-state index contributed by atoms with van der Waals surface area (Å²) in [4.78, 5) is 0. The molecule has 2 atom stereocenters. The number of benzene rings is 2. The minimum Gasteiger partial charge on any atom is -0.489 e. The molecule has 1 fully saturated rings. The van der Waals surface area contributed by atoms with Crippen LogP contribution in [-0.2, 0) is 0 Å². The van der Waals surface area contributed by atoms with Gasteiger partial charge in [-0.15, -0.1) is 0 Å². The van der Waals surface area contributed by atoms with Crippen LogP contribution in [0.4, 0.5) is 0 Å². The van der Waals surface area contributed by atoms with Gasteiger partial charge >= 0.3 is 0 Å². The summed E-state index contributed by atoms with van der Waals surface area (Å²) >= 11 is 0. The first-order valence-corrected chi connectivity index (χ1v) is 7.42. The Kier molecular flexibility index (Phi) is 3.87. The quantitative estimate of drug-likeness (QED) is 0.738. The summed E-state index contributed by atoms with van der Waals surface area (Å²) in [6, 6.07) is 16.9. The van der Waals surface area contributed by atoms with Crippen LogP contribution in [0.2, 0.25) is 0 Å². The van der Waals surface area contributed by atoms with Crippen LogP contribution in [0.5, 0.6) is 5.75 Å². The van der Waals surface area contributed by atoms with Crippen LogP contribution in [0.25, 0.3) is 10.8 Å². The molecule has 3 rings (SSSR count). The molecule has 1 aliphatic rings. The van der Waals surface area contributed by atoms with Gasteiger partial charge in [0, 0.05) is 0 Å². The van der Waals surface area contributed by atoms with E-state index in [1.165, 1.54) is 17.2 Å². The Hall–Kier alpha value is -2.01. The predicted octanol–water partition coefficient (Wildman–Crippen LogP) is 4.69. The van der Waals surface area contributed by atoms with Crippen molar-refractivity contribution in [3.63, 3.8) is 0 Å². The van der Waals surface area contributed by atoms with Crippen molar-refractivity contribution < 1.29 is 4.74 Å². The molecule has 0 bridgehead atoms. The van der Waals surface area contributed by atoms with Crippen molar-refractivity contribution in [1.29, 1.82) is 5.26 Å². The van der Waals surface area contributed by atoms with Gasteiger partial charge in [0.15, 0.2) is 0 Å². The zero-order valence-corrected chi connectivity index (χ0v) is 11.6. The van der Waals surface area contributed by atoms with Crippen LogP contribution in [0.1, 0.15) is 32.1 Å². The molecule has 0 saturated heterocycles. The van der Waals surface area contributed by atoms with Crippen LogP contribution >= 0.6 is 0 Å². The van der Waals surface area contributed by atoms with Crippen LogP contribution in [0.15, 0.2) is 42.5 Å². The van der Waals surface area contributed by atoms with Crippen LogP contribution in [-0.4, -0.2) is 6.10 Å². The van der Waals surface area contributed by atoms with Gasteiger partial charge in [-0.3, -0.25) is 0 Å². The fraction of sp³-hybridized carbons (Fsp3) is 0.389. The fourth-order valence-electron chi connectivity index (χ4n) is 2.98. The Balaban J connectivity index is 1.82. The van der Waals surface area contributed by atoms with E-state index < -0.39 is 0 Å². The van der Waals surface area contributed by atoms with Gasteiger partial charge in [0.1, 0.15) is 11.9 Å². The summed E-state index contributed by atoms with van der Waals surface area (Å²) in [6.45, 7) is 0. The van der Waals surface area contributed by atoms with Gasteiger partial charge in [-0.1, -0.05) is 43.2 Å². The molecule has 0 N–H and O–H groups in total. The number of rotatable bonds is 2. The maximum atomic E-state index is 9.31. The summed E-state index contributed by atoms with van der Waals surface area (Å²) in [5, 5.41) is 11.7. The third-order valence-electron chi connectivity index (χ3n) is 4.13. The molecule has 0 heterocycles. The average molecular weight is 265 g/mol. The van der Waals surface area contributed by atoms with E-state index in [1.807, 2.05) is 18.2 Å². The molecule has 102 valence electrons. The molecule has 0 aromatic heterocycles. The van der Waals surface area contributed by atoms with E-state index in [0.29, 0.717) is 0 Å². The molecule has 20 heavy (non-hydrogen) atoms.